The van der Waals surface area contributed by atoms with Crippen LogP contribution in [0.1, 0.15) is 18.1 Å². The van der Waals surface area contributed by atoms with Crippen LogP contribution in [0.25, 0.3) is 0 Å². The van der Waals surface area contributed by atoms with Crippen molar-refractivity contribution in [3.8, 4) is 0 Å². The third kappa shape index (κ3) is 3.79. The molecule has 8 heteroatoms. The first-order valence-electron chi connectivity index (χ1n) is 8.83. The summed E-state index contributed by atoms with van der Waals surface area (Å²) in [6.07, 6.45) is -1.21. The average Bonchev–Trinajstić information content (AvgIpc) is 2.67. The third-order valence-corrected chi connectivity index (χ3v) is 6.17. The first-order valence-corrected chi connectivity index (χ1v) is 10.3. The molecule has 0 aliphatic carbocycles. The maximum absolute atomic E-state index is 12.9. The minimum absolute atomic E-state index is 0.0628. The lowest BCUT2D eigenvalue weighted by molar-refractivity contribution is -0.179. The Kier molecular flexibility index (Phi) is 5.81. The predicted octanol–water partition coefficient (Wildman–Crippen LogP) is 2.04. The molecule has 3 rings (SSSR count). The second-order valence-electron chi connectivity index (χ2n) is 6.37. The molecule has 28 heavy (non-hydrogen) atoms. The predicted molar refractivity (Wildman–Crippen MR) is 101 cm³/mol. The molecule has 0 unspecified atom stereocenters. The van der Waals surface area contributed by atoms with Crippen molar-refractivity contribution in [3.63, 3.8) is 0 Å². The molecule has 0 spiro atoms. The number of aryl methyl sites for hydroxylation is 1. The lowest BCUT2D eigenvalue weighted by Crippen LogP contribution is -2.70. The van der Waals surface area contributed by atoms with Crippen LogP contribution in [0.3, 0.4) is 0 Å². The van der Waals surface area contributed by atoms with Gasteiger partial charge in [0, 0.05) is 0 Å². The first kappa shape index (κ1) is 20.0. The number of amides is 1. The number of benzene rings is 2. The van der Waals surface area contributed by atoms with Crippen molar-refractivity contribution < 1.29 is 27.5 Å². The molecule has 0 saturated carbocycles. The summed E-state index contributed by atoms with van der Waals surface area (Å²) in [5.74, 6) is -1.59. The van der Waals surface area contributed by atoms with Crippen LogP contribution in [-0.4, -0.2) is 43.4 Å². The Bertz CT molecular complexity index is 956. The number of rotatable bonds is 7. The van der Waals surface area contributed by atoms with E-state index in [4.69, 9.17) is 9.47 Å². The highest BCUT2D eigenvalue weighted by atomic mass is 32.2. The van der Waals surface area contributed by atoms with Gasteiger partial charge in [0.2, 0.25) is 0 Å². The quantitative estimate of drug-likeness (QED) is 0.519. The van der Waals surface area contributed by atoms with Crippen molar-refractivity contribution in [3.05, 3.63) is 65.7 Å². The van der Waals surface area contributed by atoms with E-state index in [0.717, 1.165) is 11.1 Å². The second kappa shape index (κ2) is 8.12. The van der Waals surface area contributed by atoms with Crippen LogP contribution in [-0.2, 0) is 35.7 Å². The van der Waals surface area contributed by atoms with Gasteiger partial charge in [0.15, 0.2) is 12.1 Å². The van der Waals surface area contributed by atoms with Gasteiger partial charge in [-0.15, -0.1) is 0 Å². The van der Waals surface area contributed by atoms with Crippen LogP contribution in [0.15, 0.2) is 59.5 Å². The van der Waals surface area contributed by atoms with Crippen LogP contribution in [0.4, 0.5) is 0 Å². The normalized spacial score (nSPS) is 19.2. The molecule has 2 aromatic rings. The molecular formula is C20H21NO6S. The van der Waals surface area contributed by atoms with E-state index in [0.29, 0.717) is 4.31 Å². The van der Waals surface area contributed by atoms with Crippen LogP contribution in [0.5, 0.6) is 0 Å². The monoisotopic (exact) mass is 403 g/mol. The van der Waals surface area contributed by atoms with E-state index in [1.54, 1.807) is 19.1 Å². The molecule has 148 valence electrons. The summed E-state index contributed by atoms with van der Waals surface area (Å²) < 4.78 is 37.0. The van der Waals surface area contributed by atoms with E-state index in [-0.39, 0.29) is 18.1 Å². The number of hydrogen-bond donors (Lipinski definition) is 0. The summed E-state index contributed by atoms with van der Waals surface area (Å²) in [6, 6.07) is 13.8. The molecule has 2 aromatic carbocycles. The van der Waals surface area contributed by atoms with Gasteiger partial charge in [0.1, 0.15) is 0 Å². The third-order valence-electron chi connectivity index (χ3n) is 4.38. The van der Waals surface area contributed by atoms with Gasteiger partial charge >= 0.3 is 5.97 Å². The van der Waals surface area contributed by atoms with Crippen LogP contribution < -0.4 is 0 Å². The summed E-state index contributed by atoms with van der Waals surface area (Å²) >= 11 is 0. The molecule has 1 heterocycles. The molecule has 1 aliphatic rings. The Morgan fingerprint density at radius 2 is 1.71 bits per heavy atom. The number of β-lactam (4-membered cyclic amide) rings is 1. The van der Waals surface area contributed by atoms with Gasteiger partial charge in [-0.05, 0) is 31.5 Å². The fourth-order valence-electron chi connectivity index (χ4n) is 2.90. The fraction of sp³-hybridized carbons (Fsp3) is 0.300. The first-order chi connectivity index (χ1) is 13.4. The highest BCUT2D eigenvalue weighted by Crippen LogP contribution is 2.32. The summed E-state index contributed by atoms with van der Waals surface area (Å²) in [5.41, 5.74) is 1.68. The van der Waals surface area contributed by atoms with Crippen molar-refractivity contribution in [2.75, 3.05) is 6.61 Å². The smallest absolute Gasteiger partial charge is 0.333 e. The topological polar surface area (TPSA) is 90.0 Å². The molecule has 2 atom stereocenters. The lowest BCUT2D eigenvalue weighted by atomic mass is 10.0. The molecule has 1 amide bonds. The Balaban J connectivity index is 1.85. The van der Waals surface area contributed by atoms with Crippen molar-refractivity contribution in [1.82, 2.24) is 4.31 Å². The zero-order valence-corrected chi connectivity index (χ0v) is 16.4. The number of sulfonamides is 1. The van der Waals surface area contributed by atoms with Crippen molar-refractivity contribution in [1.29, 1.82) is 0 Å². The average molecular weight is 403 g/mol. The molecular weight excluding hydrogens is 382 g/mol. The minimum Gasteiger partial charge on any atom is -0.464 e. The minimum atomic E-state index is -4.19. The second-order valence-corrected chi connectivity index (χ2v) is 8.18. The standard InChI is InChI=1S/C20H21NO6S/c1-3-26-20(23)17-18(27-13-15-7-5-4-6-8-15)19(22)21(17)28(24,25)16-11-9-14(2)10-12-16/h4-12,17-18H,3,13H2,1-2H3/t17-,18-/m1/s1. The van der Waals surface area contributed by atoms with Gasteiger partial charge in [0.05, 0.1) is 18.1 Å². The van der Waals surface area contributed by atoms with E-state index < -0.39 is 34.0 Å². The van der Waals surface area contributed by atoms with Gasteiger partial charge in [-0.2, -0.15) is 0 Å². The van der Waals surface area contributed by atoms with Gasteiger partial charge in [0.25, 0.3) is 15.9 Å². The number of ether oxygens (including phenoxy) is 2. The molecule has 0 aromatic heterocycles. The van der Waals surface area contributed by atoms with Gasteiger partial charge in [-0.25, -0.2) is 17.5 Å². The number of carbonyl (C=O) groups excluding carboxylic acids is 2. The van der Waals surface area contributed by atoms with E-state index in [2.05, 4.69) is 0 Å². The summed E-state index contributed by atoms with van der Waals surface area (Å²) in [7, 11) is -4.19. The Hall–Kier alpha value is -2.71. The zero-order chi connectivity index (χ0) is 20.3. The number of esters is 1. The van der Waals surface area contributed by atoms with Gasteiger partial charge < -0.3 is 9.47 Å². The highest BCUT2D eigenvalue weighted by molar-refractivity contribution is 7.89. The molecule has 0 bridgehead atoms. The Morgan fingerprint density at radius 1 is 1.07 bits per heavy atom. The van der Waals surface area contributed by atoms with E-state index >= 15 is 0 Å². The molecule has 0 N–H and O–H groups in total. The van der Waals surface area contributed by atoms with Crippen LogP contribution in [0, 0.1) is 6.92 Å². The van der Waals surface area contributed by atoms with Crippen molar-refractivity contribution in [2.45, 2.75) is 37.5 Å². The van der Waals surface area contributed by atoms with Crippen molar-refractivity contribution >= 4 is 21.9 Å². The SMILES string of the molecule is CCOC(=O)[C@H]1[C@@H](OCc2ccccc2)C(=O)N1S(=O)(=O)c1ccc(C)cc1. The van der Waals surface area contributed by atoms with Crippen LogP contribution in [0.2, 0.25) is 0 Å². The van der Waals surface area contributed by atoms with Gasteiger partial charge in [-0.3, -0.25) is 4.79 Å². The van der Waals surface area contributed by atoms with Gasteiger partial charge in [-0.1, -0.05) is 48.0 Å². The molecule has 7 nitrogen and oxygen atoms in total. The number of nitrogens with zero attached hydrogens (tertiary/aromatic N) is 1. The fourth-order valence-corrected chi connectivity index (χ4v) is 4.44. The lowest BCUT2D eigenvalue weighted by Gasteiger charge is -2.43. The molecule has 1 fully saturated rings. The molecule has 1 aliphatic heterocycles. The number of carbonyl (C=O) groups is 2. The Morgan fingerprint density at radius 3 is 2.32 bits per heavy atom. The van der Waals surface area contributed by atoms with E-state index in [1.807, 2.05) is 37.3 Å². The van der Waals surface area contributed by atoms with E-state index in [9.17, 15) is 18.0 Å². The maximum atomic E-state index is 12.9. The maximum Gasteiger partial charge on any atom is 0.333 e. The molecule has 0 radical (unpaired) electrons. The zero-order valence-electron chi connectivity index (χ0n) is 15.6. The Labute approximate surface area is 163 Å². The highest BCUT2D eigenvalue weighted by Gasteiger charge is 2.59. The summed E-state index contributed by atoms with van der Waals surface area (Å²) in [6.45, 7) is 3.57. The van der Waals surface area contributed by atoms with E-state index in [1.165, 1.54) is 12.1 Å². The van der Waals surface area contributed by atoms with Crippen molar-refractivity contribution in [2.24, 2.45) is 0 Å². The summed E-state index contributed by atoms with van der Waals surface area (Å²) in [4.78, 5) is 24.9. The number of hydrogen-bond acceptors (Lipinski definition) is 6. The largest absolute Gasteiger partial charge is 0.464 e. The molecule has 1 saturated heterocycles. The van der Waals surface area contributed by atoms with Crippen LogP contribution >= 0.6 is 0 Å². The summed E-state index contributed by atoms with van der Waals surface area (Å²) in [5, 5.41) is 0.